The van der Waals surface area contributed by atoms with Gasteiger partial charge in [-0.05, 0) is 60.5 Å². The highest BCUT2D eigenvalue weighted by Gasteiger charge is 2.05. The number of hydrogen-bond acceptors (Lipinski definition) is 2. The van der Waals surface area contributed by atoms with E-state index < -0.39 is 0 Å². The number of benzene rings is 2. The fourth-order valence-corrected chi connectivity index (χ4v) is 2.54. The molecule has 0 radical (unpaired) electrons. The van der Waals surface area contributed by atoms with Crippen LogP contribution in [0.4, 0.5) is 5.69 Å². The molecule has 0 spiro atoms. The van der Waals surface area contributed by atoms with Gasteiger partial charge in [0.15, 0.2) is 5.78 Å². The normalized spacial score (nSPS) is 10.8. The zero-order chi connectivity index (χ0) is 17.5. The zero-order valence-corrected chi connectivity index (χ0v) is 14.7. The second-order valence-corrected chi connectivity index (χ2v) is 6.08. The van der Waals surface area contributed by atoms with Gasteiger partial charge >= 0.3 is 0 Å². The van der Waals surface area contributed by atoms with Crippen LogP contribution in [-0.4, -0.2) is 11.7 Å². The van der Waals surface area contributed by atoms with Gasteiger partial charge in [-0.2, -0.15) is 0 Å². The summed E-state index contributed by atoms with van der Waals surface area (Å²) in [4.78, 5) is 23.7. The maximum Gasteiger partial charge on any atom is 0.224 e. The van der Waals surface area contributed by atoms with Crippen molar-refractivity contribution in [2.75, 3.05) is 5.32 Å². The summed E-state index contributed by atoms with van der Waals surface area (Å²) in [5.74, 6) is -0.179. The van der Waals surface area contributed by atoms with Gasteiger partial charge in [0.2, 0.25) is 5.91 Å². The average molecular weight is 362 g/mol. The first kappa shape index (κ1) is 18.2. The van der Waals surface area contributed by atoms with Gasteiger partial charge in [0.25, 0.3) is 0 Å². The SMILES string of the molecule is CCCC(=O)Nc1ccc(C(=O)/C=C/c2ccc(Cl)cc2Cl)cc1. The minimum absolute atomic E-state index is 0.0335. The Morgan fingerprint density at radius 2 is 1.79 bits per heavy atom. The number of amides is 1. The third-order valence-corrected chi connectivity index (χ3v) is 3.87. The number of ketones is 1. The number of carbonyl (C=O) groups excluding carboxylic acids is 2. The van der Waals surface area contributed by atoms with Crippen molar-refractivity contribution in [3.05, 3.63) is 69.7 Å². The highest BCUT2D eigenvalue weighted by Crippen LogP contribution is 2.22. The molecule has 0 aliphatic heterocycles. The molecule has 1 N–H and O–H groups in total. The van der Waals surface area contributed by atoms with E-state index in [1.165, 1.54) is 6.08 Å². The van der Waals surface area contributed by atoms with Crippen molar-refractivity contribution < 1.29 is 9.59 Å². The molecule has 2 aromatic rings. The van der Waals surface area contributed by atoms with Gasteiger partial charge in [0.05, 0.1) is 0 Å². The van der Waals surface area contributed by atoms with Crippen LogP contribution >= 0.6 is 23.2 Å². The van der Waals surface area contributed by atoms with E-state index in [9.17, 15) is 9.59 Å². The van der Waals surface area contributed by atoms with Crippen LogP contribution in [0, 0.1) is 0 Å². The van der Waals surface area contributed by atoms with Crippen LogP contribution in [0.15, 0.2) is 48.5 Å². The Balaban J connectivity index is 2.04. The Morgan fingerprint density at radius 3 is 2.42 bits per heavy atom. The summed E-state index contributed by atoms with van der Waals surface area (Å²) in [5, 5.41) is 3.81. The zero-order valence-electron chi connectivity index (χ0n) is 13.2. The van der Waals surface area contributed by atoms with Crippen LogP contribution in [0.25, 0.3) is 6.08 Å². The van der Waals surface area contributed by atoms with Gasteiger partial charge in [-0.15, -0.1) is 0 Å². The van der Waals surface area contributed by atoms with Crippen LogP contribution in [-0.2, 0) is 4.79 Å². The fourth-order valence-electron chi connectivity index (χ4n) is 2.07. The number of halogens is 2. The van der Waals surface area contributed by atoms with Gasteiger partial charge in [0, 0.05) is 27.7 Å². The van der Waals surface area contributed by atoms with Crippen molar-refractivity contribution in [1.82, 2.24) is 0 Å². The molecule has 3 nitrogen and oxygen atoms in total. The van der Waals surface area contributed by atoms with E-state index in [0.717, 1.165) is 12.0 Å². The molecule has 124 valence electrons. The van der Waals surface area contributed by atoms with Crippen molar-refractivity contribution in [3.8, 4) is 0 Å². The topological polar surface area (TPSA) is 46.2 Å². The Hall–Kier alpha value is -2.10. The van der Waals surface area contributed by atoms with E-state index in [1.54, 1.807) is 48.5 Å². The lowest BCUT2D eigenvalue weighted by Gasteiger charge is -2.04. The summed E-state index contributed by atoms with van der Waals surface area (Å²) in [6, 6.07) is 11.9. The summed E-state index contributed by atoms with van der Waals surface area (Å²) in [6.07, 6.45) is 4.38. The van der Waals surface area contributed by atoms with Crippen LogP contribution < -0.4 is 5.32 Å². The Kier molecular flexibility index (Phi) is 6.59. The van der Waals surface area contributed by atoms with E-state index in [2.05, 4.69) is 5.32 Å². The Bertz CT molecular complexity index is 767. The van der Waals surface area contributed by atoms with Crippen molar-refractivity contribution in [2.45, 2.75) is 19.8 Å². The first-order valence-corrected chi connectivity index (χ1v) is 8.32. The average Bonchev–Trinajstić information content (AvgIpc) is 2.54. The molecule has 2 aromatic carbocycles. The molecule has 0 fully saturated rings. The molecule has 2 rings (SSSR count). The standard InChI is InChI=1S/C19H17Cl2NO2/c1-2-3-19(24)22-16-9-5-14(6-10-16)18(23)11-7-13-4-8-15(20)12-17(13)21/h4-12H,2-3H2,1H3,(H,22,24)/b11-7+. The summed E-state index contributed by atoms with van der Waals surface area (Å²) in [7, 11) is 0. The van der Waals surface area contributed by atoms with Crippen molar-refractivity contribution in [3.63, 3.8) is 0 Å². The quantitative estimate of drug-likeness (QED) is 0.535. The lowest BCUT2D eigenvalue weighted by molar-refractivity contribution is -0.116. The third kappa shape index (κ3) is 5.22. The lowest BCUT2D eigenvalue weighted by atomic mass is 10.1. The predicted molar refractivity (Wildman–Crippen MR) is 99.8 cm³/mol. The summed E-state index contributed by atoms with van der Waals surface area (Å²) in [6.45, 7) is 1.95. The van der Waals surface area contributed by atoms with Crippen LogP contribution in [0.5, 0.6) is 0 Å². The number of rotatable bonds is 6. The Morgan fingerprint density at radius 1 is 1.08 bits per heavy atom. The molecule has 0 atom stereocenters. The van der Waals surface area contributed by atoms with Crippen LogP contribution in [0.1, 0.15) is 35.7 Å². The van der Waals surface area contributed by atoms with Gasteiger partial charge in [-0.3, -0.25) is 9.59 Å². The first-order valence-electron chi connectivity index (χ1n) is 7.57. The molecular weight excluding hydrogens is 345 g/mol. The van der Waals surface area contributed by atoms with Crippen molar-refractivity contribution >= 4 is 46.7 Å². The minimum Gasteiger partial charge on any atom is -0.326 e. The predicted octanol–water partition coefficient (Wildman–Crippen LogP) is 5.63. The molecule has 0 heterocycles. The largest absolute Gasteiger partial charge is 0.326 e. The fraction of sp³-hybridized carbons (Fsp3) is 0.158. The molecule has 0 unspecified atom stereocenters. The number of anilines is 1. The molecule has 0 aromatic heterocycles. The maximum atomic E-state index is 12.2. The molecule has 0 aliphatic carbocycles. The van der Waals surface area contributed by atoms with E-state index in [-0.39, 0.29) is 11.7 Å². The van der Waals surface area contributed by atoms with Crippen molar-refractivity contribution in [2.24, 2.45) is 0 Å². The smallest absolute Gasteiger partial charge is 0.224 e. The summed E-state index contributed by atoms with van der Waals surface area (Å²) >= 11 is 11.9. The van der Waals surface area contributed by atoms with Gasteiger partial charge in [-0.1, -0.05) is 36.2 Å². The van der Waals surface area contributed by atoms with Gasteiger partial charge < -0.3 is 5.32 Å². The maximum absolute atomic E-state index is 12.2. The van der Waals surface area contributed by atoms with Crippen molar-refractivity contribution in [1.29, 1.82) is 0 Å². The number of hydrogen-bond donors (Lipinski definition) is 1. The lowest BCUT2D eigenvalue weighted by Crippen LogP contribution is -2.10. The van der Waals surface area contributed by atoms with E-state index in [0.29, 0.717) is 27.7 Å². The highest BCUT2D eigenvalue weighted by molar-refractivity contribution is 6.35. The summed E-state index contributed by atoms with van der Waals surface area (Å²) < 4.78 is 0. The highest BCUT2D eigenvalue weighted by atomic mass is 35.5. The number of allylic oxidation sites excluding steroid dienone is 1. The molecule has 5 heteroatoms. The van der Waals surface area contributed by atoms with Crippen LogP contribution in [0.3, 0.4) is 0 Å². The first-order chi connectivity index (χ1) is 11.5. The summed E-state index contributed by atoms with van der Waals surface area (Å²) in [5.41, 5.74) is 1.93. The number of nitrogens with one attached hydrogen (secondary N) is 1. The molecule has 0 aliphatic rings. The van der Waals surface area contributed by atoms with E-state index >= 15 is 0 Å². The van der Waals surface area contributed by atoms with E-state index in [1.807, 2.05) is 6.92 Å². The second-order valence-electron chi connectivity index (χ2n) is 5.24. The molecule has 0 bridgehead atoms. The second kappa shape index (κ2) is 8.67. The van der Waals surface area contributed by atoms with E-state index in [4.69, 9.17) is 23.2 Å². The minimum atomic E-state index is -0.146. The monoisotopic (exact) mass is 361 g/mol. The Labute approximate surface area is 151 Å². The molecule has 24 heavy (non-hydrogen) atoms. The van der Waals surface area contributed by atoms with Gasteiger partial charge in [0.1, 0.15) is 0 Å². The van der Waals surface area contributed by atoms with Crippen LogP contribution in [0.2, 0.25) is 10.0 Å². The molecular formula is C19H17Cl2NO2. The number of carbonyl (C=O) groups is 2. The molecule has 0 saturated heterocycles. The molecule has 0 saturated carbocycles. The van der Waals surface area contributed by atoms with Gasteiger partial charge in [-0.25, -0.2) is 0 Å². The molecule has 1 amide bonds. The third-order valence-electron chi connectivity index (χ3n) is 3.31.